The molecule has 0 amide bonds. The molecule has 0 N–H and O–H groups in total. The number of hydrogen-bond donors (Lipinski definition) is 0. The Kier molecular flexibility index (Phi) is 38.4. The average molecular weight is 1700 g/mol. The number of carbonyl (C=O) groups excluding carboxylic acids is 3. The van der Waals surface area contributed by atoms with Gasteiger partial charge in [-0.05, 0) is 47.1 Å². The Morgan fingerprint density at radius 3 is 1.01 bits per heavy atom. The maximum absolute atomic E-state index is 11.1. The monoisotopic (exact) mass is 1700 g/mol. The summed E-state index contributed by atoms with van der Waals surface area (Å²) in [5.41, 5.74) is 4.34. The fourth-order valence-corrected chi connectivity index (χ4v) is 14.0. The van der Waals surface area contributed by atoms with Crippen LogP contribution in [0.25, 0.3) is 0 Å². The van der Waals surface area contributed by atoms with E-state index >= 15 is 0 Å². The first kappa shape index (κ1) is 94.2. The van der Waals surface area contributed by atoms with Gasteiger partial charge in [-0.15, -0.1) is 0 Å². The van der Waals surface area contributed by atoms with Crippen molar-refractivity contribution in [2.45, 2.75) is 164 Å². The van der Waals surface area contributed by atoms with Crippen LogP contribution in [0.15, 0.2) is 152 Å². The molecular formula is C67H79O39S6-9. The fraction of sp³-hybridized carbons (Fsp3) is 0.507. The van der Waals surface area contributed by atoms with Crippen LogP contribution >= 0.6 is 0 Å². The highest BCUT2D eigenvalue weighted by atomic mass is 32.3. The standard InChI is InChI=1S/C14H18O8S.C14H18O3.2C13H18O10S2.C13H16O8S/c1-9-12(20-7-10-5-3-2-4-6-10)11(22-23(17,18)19)8-21-13(9)14(15)16;15-14(16)12-7-4-8-13(9-12)17-10-11-5-2-1-3-6-11;2*14-24(15,16)22-8-11-6-12(13(9-20-11)23-25(17,18)19)21-7-10-4-2-1-3-5-10;14-13(15)11-6-10(12(8-20-11)21-22(16,17)18)19-7-9-4-2-1-3-5-9/h2-6,9,11-13H,7-8H2,1H3,(H,15,16)(H,17,18,19);1-3,5-6,12-13H,4,7-10H2,(H,15,16);2*1-5,11-13H,6-9H2,(H,14,15,16)(H,17,18,19);1-5,10-12H,6-8H2,(H,14,15)(H,16,17,18)/p-9/t9-,11?,12+,13?;12?,13-;2*11?,12-,13?;10-,11?,12?/m00111/s1. The smallest absolute Gasteiger partial charge is 0.218 e. The SMILES string of the molecule is C[C@@H]1C(C(=O)[O-])OCC(OS(=O)(=O)[O-])[C@@H]1OCc1ccccc1.O=C([O-])C1CCC[C@H](OCc2ccccc2)C1.O=C([O-])C1C[C@@H](OCc2ccccc2)C(OS(=O)(=O)[O-])CO1.O=S(=O)([O-])OCC1C[C@@H](OCc2ccccc2)C(OS(=O)(=O)[O-])CO1.O=S(=O)([O-])OCC1C[C@@H](OCc2ccccc2)C(OS(=O)(=O)[O-])CO1. The average Bonchev–Trinajstić information content (AvgIpc) is 0.881. The Hall–Kier alpha value is -6.63. The van der Waals surface area contributed by atoms with Crippen molar-refractivity contribution in [3.8, 4) is 0 Å². The predicted octanol–water partition coefficient (Wildman–Crippen LogP) is -0.964. The van der Waals surface area contributed by atoms with E-state index in [1.165, 1.54) is 6.92 Å². The number of carboxylic acid groups (broad SMARTS) is 3. The first-order valence-corrected chi connectivity index (χ1v) is 41.8. The van der Waals surface area contributed by atoms with Crippen LogP contribution in [0.3, 0.4) is 0 Å². The van der Waals surface area contributed by atoms with Crippen LogP contribution in [-0.4, -0.2) is 215 Å². The topological polar surface area (TPSA) is 602 Å². The van der Waals surface area contributed by atoms with Crippen molar-refractivity contribution in [1.82, 2.24) is 0 Å². The summed E-state index contributed by atoms with van der Waals surface area (Å²) in [7, 11) is -29.7. The maximum atomic E-state index is 11.1. The van der Waals surface area contributed by atoms with Crippen molar-refractivity contribution in [2.24, 2.45) is 11.8 Å². The Morgan fingerprint density at radius 2 is 0.679 bits per heavy atom. The Morgan fingerprint density at radius 1 is 0.357 bits per heavy atom. The molecular weight excluding hydrogens is 1620 g/mol. The normalized spacial score (nSPS) is 25.8. The lowest BCUT2D eigenvalue weighted by molar-refractivity contribution is -0.325. The molecule has 9 unspecified atom stereocenters. The van der Waals surface area contributed by atoms with Crippen LogP contribution < -0.4 is 15.3 Å². The molecule has 5 aliphatic rings. The molecule has 10 rings (SSSR count). The molecule has 5 aromatic carbocycles. The highest BCUT2D eigenvalue weighted by Gasteiger charge is 2.42. The third-order valence-electron chi connectivity index (χ3n) is 16.7. The van der Waals surface area contributed by atoms with Gasteiger partial charge in [0.1, 0.15) is 30.5 Å². The van der Waals surface area contributed by atoms with E-state index in [0.717, 1.165) is 47.1 Å². The zero-order valence-corrected chi connectivity index (χ0v) is 64.1. The molecule has 1 saturated carbocycles. The van der Waals surface area contributed by atoms with Gasteiger partial charge in [-0.25, -0.2) is 50.5 Å². The van der Waals surface area contributed by atoms with Gasteiger partial charge in [-0.2, -0.15) is 0 Å². The number of aliphatic carboxylic acids is 3. The summed E-state index contributed by atoms with van der Waals surface area (Å²) in [5.74, 6) is -4.89. The van der Waals surface area contributed by atoms with Crippen LogP contribution in [0.4, 0.5) is 0 Å². The van der Waals surface area contributed by atoms with Crippen molar-refractivity contribution in [2.75, 3.05) is 39.6 Å². The Bertz CT molecular complexity index is 4240. The molecule has 626 valence electrons. The third-order valence-corrected chi connectivity index (χ3v) is 19.5. The van der Waals surface area contributed by atoms with Crippen LogP contribution in [0.2, 0.25) is 0 Å². The number of benzene rings is 5. The van der Waals surface area contributed by atoms with Crippen molar-refractivity contribution >= 4 is 80.3 Å². The maximum Gasteiger partial charge on any atom is 0.218 e. The van der Waals surface area contributed by atoms with E-state index in [-0.39, 0.29) is 77.5 Å². The van der Waals surface area contributed by atoms with Crippen LogP contribution in [-0.2, 0) is 178 Å². The van der Waals surface area contributed by atoms with Crippen LogP contribution in [0, 0.1) is 11.8 Å². The Labute approximate surface area is 647 Å². The third kappa shape index (κ3) is 38.2. The van der Waals surface area contributed by atoms with Crippen LogP contribution in [0.5, 0.6) is 0 Å². The summed E-state index contributed by atoms with van der Waals surface area (Å²) in [6.07, 6.45) is -9.55. The Balaban J connectivity index is 0.000000219. The number of carboxylic acids is 3. The molecule has 4 heterocycles. The molecule has 0 aromatic heterocycles. The molecule has 4 aliphatic heterocycles. The summed E-state index contributed by atoms with van der Waals surface area (Å²) < 4.78 is 267. The zero-order chi connectivity index (χ0) is 82.3. The summed E-state index contributed by atoms with van der Waals surface area (Å²) in [5, 5.41) is 32.7. The van der Waals surface area contributed by atoms with E-state index in [0.29, 0.717) is 13.0 Å². The lowest BCUT2D eigenvalue weighted by atomic mass is 9.87. The quantitative estimate of drug-likeness (QED) is 0.0369. The molecule has 4 saturated heterocycles. The minimum Gasteiger partial charge on any atom is -0.726 e. The first-order valence-electron chi connectivity index (χ1n) is 33.8. The van der Waals surface area contributed by atoms with E-state index in [9.17, 15) is 108 Å². The number of hydrogen-bond acceptors (Lipinski definition) is 39. The highest BCUT2D eigenvalue weighted by Crippen LogP contribution is 2.31. The molecule has 39 nitrogen and oxygen atoms in total. The van der Waals surface area contributed by atoms with Gasteiger partial charge in [0.2, 0.25) is 62.4 Å². The van der Waals surface area contributed by atoms with E-state index in [1.54, 1.807) is 97.1 Å². The van der Waals surface area contributed by atoms with Gasteiger partial charge >= 0.3 is 0 Å². The number of carbonyl (C=O) groups is 3. The van der Waals surface area contributed by atoms with Gasteiger partial charge in [0.15, 0.2) is 0 Å². The lowest BCUT2D eigenvalue weighted by Gasteiger charge is -2.41. The molecule has 0 radical (unpaired) electrons. The van der Waals surface area contributed by atoms with Gasteiger partial charge in [-0.1, -0.05) is 165 Å². The zero-order valence-electron chi connectivity index (χ0n) is 59.2. The second-order valence-electron chi connectivity index (χ2n) is 25.1. The molecule has 1 aliphatic carbocycles. The molecule has 5 aromatic rings. The van der Waals surface area contributed by atoms with Crippen molar-refractivity contribution in [3.63, 3.8) is 0 Å². The first-order chi connectivity index (χ1) is 52.6. The summed E-state index contributed by atoms with van der Waals surface area (Å²) in [6, 6.07) is 45.8. The number of rotatable bonds is 32. The minimum absolute atomic E-state index is 0.0253. The minimum atomic E-state index is -4.98. The molecule has 45 heteroatoms. The second kappa shape index (κ2) is 45.6. The summed E-state index contributed by atoms with van der Waals surface area (Å²) >= 11 is 0. The van der Waals surface area contributed by atoms with Gasteiger partial charge < -0.3 is 99.7 Å². The van der Waals surface area contributed by atoms with Crippen molar-refractivity contribution in [3.05, 3.63) is 179 Å². The lowest BCUT2D eigenvalue weighted by Crippen LogP contribution is -2.56. The van der Waals surface area contributed by atoms with E-state index in [2.05, 4.69) is 25.1 Å². The molecule has 112 heavy (non-hydrogen) atoms. The van der Waals surface area contributed by atoms with Gasteiger partial charge in [0.25, 0.3) is 0 Å². The van der Waals surface area contributed by atoms with Gasteiger partial charge in [0, 0.05) is 37.1 Å². The van der Waals surface area contributed by atoms with E-state index < -0.39 is 179 Å². The van der Waals surface area contributed by atoms with Crippen molar-refractivity contribution in [1.29, 1.82) is 0 Å². The highest BCUT2D eigenvalue weighted by molar-refractivity contribution is 7.82. The summed E-state index contributed by atoms with van der Waals surface area (Å²) in [4.78, 5) is 32.7. The van der Waals surface area contributed by atoms with Crippen molar-refractivity contribution < 1.29 is 175 Å². The number of ether oxygens (including phenoxy) is 9. The fourth-order valence-electron chi connectivity index (χ4n) is 11.5. The predicted molar refractivity (Wildman–Crippen MR) is 364 cm³/mol. The van der Waals surface area contributed by atoms with Gasteiger partial charge in [-0.3, -0.25) is 25.1 Å². The second-order valence-corrected chi connectivity index (χ2v) is 31.3. The molecule has 15 atom stereocenters. The summed E-state index contributed by atoms with van der Waals surface area (Å²) in [6.45, 7) is -0.0604. The molecule has 0 bridgehead atoms. The molecule has 5 fully saturated rings. The largest absolute Gasteiger partial charge is 0.726 e. The van der Waals surface area contributed by atoms with Gasteiger partial charge in [0.05, 0.1) is 133 Å². The van der Waals surface area contributed by atoms with E-state index in [4.69, 9.17) is 42.6 Å². The van der Waals surface area contributed by atoms with Crippen LogP contribution in [0.1, 0.15) is 79.7 Å². The molecule has 0 spiro atoms. The van der Waals surface area contributed by atoms with E-state index in [1.807, 2.05) is 54.6 Å².